The average Bonchev–Trinajstić information content (AvgIpc) is 2.47. The first-order chi connectivity index (χ1) is 10.1. The Balaban J connectivity index is 2.30. The van der Waals surface area contributed by atoms with E-state index >= 15 is 0 Å². The minimum atomic E-state index is -0.518. The molecule has 4 N–H and O–H groups in total. The van der Waals surface area contributed by atoms with Crippen LogP contribution >= 0.6 is 0 Å². The molecule has 0 radical (unpaired) electrons. The Morgan fingerprint density at radius 3 is 2.86 bits per heavy atom. The molecule has 0 saturated heterocycles. The molecule has 0 aliphatic heterocycles. The third-order valence-electron chi connectivity index (χ3n) is 2.47. The highest BCUT2D eigenvalue weighted by Gasteiger charge is 2.12. The lowest BCUT2D eigenvalue weighted by molar-refractivity contribution is 0.102. The SMILES string of the molecule is NCC#Cc1cc(F)ccc1C(=O)Nc1ccc(=O)[nH]n1. The number of halogens is 1. The molecule has 0 bridgehead atoms. The summed E-state index contributed by atoms with van der Waals surface area (Å²) in [6, 6.07) is 6.20. The lowest BCUT2D eigenvalue weighted by Gasteiger charge is -2.06. The molecule has 0 aliphatic carbocycles. The number of benzene rings is 1. The van der Waals surface area contributed by atoms with Gasteiger partial charge in [0.2, 0.25) is 0 Å². The van der Waals surface area contributed by atoms with Gasteiger partial charge in [-0.25, -0.2) is 9.49 Å². The molecule has 0 aliphatic rings. The first-order valence-electron chi connectivity index (χ1n) is 5.95. The van der Waals surface area contributed by atoms with Crippen molar-refractivity contribution in [3.05, 3.63) is 57.6 Å². The number of carbonyl (C=O) groups is 1. The summed E-state index contributed by atoms with van der Waals surface area (Å²) in [6.45, 7) is 0.0963. The third-order valence-corrected chi connectivity index (χ3v) is 2.47. The number of carbonyl (C=O) groups excluding carboxylic acids is 1. The lowest BCUT2D eigenvalue weighted by Crippen LogP contribution is -2.17. The van der Waals surface area contributed by atoms with Crippen molar-refractivity contribution in [2.24, 2.45) is 5.73 Å². The molecule has 21 heavy (non-hydrogen) atoms. The van der Waals surface area contributed by atoms with Crippen LogP contribution in [0.4, 0.5) is 10.2 Å². The summed E-state index contributed by atoms with van der Waals surface area (Å²) in [5, 5.41) is 8.32. The smallest absolute Gasteiger partial charge is 0.264 e. The number of hydrogen-bond acceptors (Lipinski definition) is 4. The van der Waals surface area contributed by atoms with Crippen LogP contribution in [-0.2, 0) is 0 Å². The van der Waals surface area contributed by atoms with Crippen molar-refractivity contribution in [1.29, 1.82) is 0 Å². The molecule has 0 saturated carbocycles. The van der Waals surface area contributed by atoms with Gasteiger partial charge < -0.3 is 11.1 Å². The number of anilines is 1. The first kappa shape index (κ1) is 14.4. The summed E-state index contributed by atoms with van der Waals surface area (Å²) in [6.07, 6.45) is 0. The Kier molecular flexibility index (Phi) is 4.43. The van der Waals surface area contributed by atoms with Crippen LogP contribution in [0.5, 0.6) is 0 Å². The van der Waals surface area contributed by atoms with Crippen molar-refractivity contribution < 1.29 is 9.18 Å². The van der Waals surface area contributed by atoms with Crippen molar-refractivity contribution in [3.63, 3.8) is 0 Å². The van der Waals surface area contributed by atoms with Gasteiger partial charge in [0, 0.05) is 11.6 Å². The van der Waals surface area contributed by atoms with E-state index in [0.29, 0.717) is 0 Å². The number of amides is 1. The normalized spacial score (nSPS) is 9.62. The van der Waals surface area contributed by atoms with E-state index in [1.165, 1.54) is 18.2 Å². The maximum Gasteiger partial charge on any atom is 0.264 e. The van der Waals surface area contributed by atoms with Gasteiger partial charge in [-0.05, 0) is 24.3 Å². The van der Waals surface area contributed by atoms with Crippen LogP contribution in [0.25, 0.3) is 0 Å². The van der Waals surface area contributed by atoms with Gasteiger partial charge in [-0.2, -0.15) is 5.10 Å². The molecule has 0 fully saturated rings. The van der Waals surface area contributed by atoms with Gasteiger partial charge >= 0.3 is 0 Å². The fourth-order valence-electron chi connectivity index (χ4n) is 1.56. The van der Waals surface area contributed by atoms with Crippen LogP contribution < -0.4 is 16.6 Å². The maximum absolute atomic E-state index is 13.2. The lowest BCUT2D eigenvalue weighted by atomic mass is 10.1. The average molecular weight is 286 g/mol. The number of H-pyrrole nitrogens is 1. The Labute approximate surface area is 119 Å². The number of nitrogens with two attached hydrogens (primary N) is 1. The topological polar surface area (TPSA) is 101 Å². The van der Waals surface area contributed by atoms with E-state index in [1.807, 2.05) is 0 Å². The molecule has 106 valence electrons. The highest BCUT2D eigenvalue weighted by Crippen LogP contribution is 2.12. The van der Waals surface area contributed by atoms with Gasteiger partial charge in [0.1, 0.15) is 5.82 Å². The van der Waals surface area contributed by atoms with Gasteiger partial charge in [0.05, 0.1) is 12.1 Å². The van der Waals surface area contributed by atoms with Crippen LogP contribution in [0.15, 0.2) is 35.1 Å². The van der Waals surface area contributed by atoms with Gasteiger partial charge in [0.25, 0.3) is 11.5 Å². The Morgan fingerprint density at radius 1 is 1.38 bits per heavy atom. The monoisotopic (exact) mass is 286 g/mol. The van der Waals surface area contributed by atoms with Gasteiger partial charge in [0.15, 0.2) is 5.82 Å². The van der Waals surface area contributed by atoms with E-state index in [-0.39, 0.29) is 29.0 Å². The second-order valence-electron chi connectivity index (χ2n) is 3.96. The number of nitrogens with zero attached hydrogens (tertiary/aromatic N) is 1. The van der Waals surface area contributed by atoms with Crippen molar-refractivity contribution in [2.75, 3.05) is 11.9 Å². The number of hydrogen-bond donors (Lipinski definition) is 3. The van der Waals surface area contributed by atoms with E-state index in [9.17, 15) is 14.0 Å². The summed E-state index contributed by atoms with van der Waals surface area (Å²) >= 11 is 0. The standard InChI is InChI=1S/C14H11FN4O2/c15-10-3-4-11(9(8-10)2-1-7-16)14(21)17-12-5-6-13(20)19-18-12/h3-6,8H,7,16H2,(H,19,20)(H,17,18,21). The van der Waals surface area contributed by atoms with E-state index in [0.717, 1.165) is 12.1 Å². The molecular formula is C14H11FN4O2. The third kappa shape index (κ3) is 3.75. The summed E-state index contributed by atoms with van der Waals surface area (Å²) in [5.74, 6) is 4.35. The van der Waals surface area contributed by atoms with Gasteiger partial charge in [-0.15, -0.1) is 0 Å². The Hall–Kier alpha value is -2.98. The number of aromatic nitrogens is 2. The van der Waals surface area contributed by atoms with Crippen LogP contribution in [0, 0.1) is 17.7 Å². The van der Waals surface area contributed by atoms with Crippen molar-refractivity contribution in [1.82, 2.24) is 10.2 Å². The predicted molar refractivity (Wildman–Crippen MR) is 75.1 cm³/mol. The van der Waals surface area contributed by atoms with Gasteiger partial charge in [-0.1, -0.05) is 11.8 Å². The minimum Gasteiger partial charge on any atom is -0.320 e. The van der Waals surface area contributed by atoms with E-state index in [1.54, 1.807) is 0 Å². The molecule has 6 nitrogen and oxygen atoms in total. The summed E-state index contributed by atoms with van der Waals surface area (Å²) in [7, 11) is 0. The second-order valence-corrected chi connectivity index (χ2v) is 3.96. The van der Waals surface area contributed by atoms with Crippen LogP contribution in [-0.4, -0.2) is 22.6 Å². The molecule has 0 atom stereocenters. The van der Waals surface area contributed by atoms with Gasteiger partial charge in [-0.3, -0.25) is 9.59 Å². The molecule has 7 heteroatoms. The molecule has 2 rings (SSSR count). The fraction of sp³-hybridized carbons (Fsp3) is 0.0714. The molecular weight excluding hydrogens is 275 g/mol. The summed E-state index contributed by atoms with van der Waals surface area (Å²) < 4.78 is 13.2. The highest BCUT2D eigenvalue weighted by atomic mass is 19.1. The molecule has 1 aromatic carbocycles. The second kappa shape index (κ2) is 6.45. The maximum atomic E-state index is 13.2. The van der Waals surface area contributed by atoms with Crippen LogP contribution in [0.2, 0.25) is 0 Å². The number of rotatable bonds is 2. The van der Waals surface area contributed by atoms with E-state index in [2.05, 4.69) is 27.4 Å². The summed E-state index contributed by atoms with van der Waals surface area (Å²) in [4.78, 5) is 23.0. The van der Waals surface area contributed by atoms with Crippen molar-refractivity contribution in [2.45, 2.75) is 0 Å². The zero-order valence-electron chi connectivity index (χ0n) is 10.8. The molecule has 0 unspecified atom stereocenters. The van der Waals surface area contributed by atoms with Crippen LogP contribution in [0.3, 0.4) is 0 Å². The predicted octanol–water partition coefficient (Wildman–Crippen LogP) is 0.471. The first-order valence-corrected chi connectivity index (χ1v) is 5.95. The van der Waals surface area contributed by atoms with Crippen molar-refractivity contribution >= 4 is 11.7 Å². The Morgan fingerprint density at radius 2 is 2.19 bits per heavy atom. The molecule has 0 spiro atoms. The minimum absolute atomic E-state index is 0.0963. The van der Waals surface area contributed by atoms with E-state index < -0.39 is 11.7 Å². The van der Waals surface area contributed by atoms with Crippen LogP contribution in [0.1, 0.15) is 15.9 Å². The number of nitrogens with one attached hydrogen (secondary N) is 2. The quantitative estimate of drug-likeness (QED) is 0.699. The molecule has 1 heterocycles. The highest BCUT2D eigenvalue weighted by molar-refractivity contribution is 6.05. The molecule has 2 aromatic rings. The zero-order valence-corrected chi connectivity index (χ0v) is 10.8. The summed E-state index contributed by atoms with van der Waals surface area (Å²) in [5.41, 5.74) is 5.29. The largest absolute Gasteiger partial charge is 0.320 e. The van der Waals surface area contributed by atoms with Crippen molar-refractivity contribution in [3.8, 4) is 11.8 Å². The zero-order chi connectivity index (χ0) is 15.2. The Bertz CT molecular complexity index is 769. The molecule has 1 aromatic heterocycles. The van der Waals surface area contributed by atoms with E-state index in [4.69, 9.17) is 5.73 Å². The fourth-order valence-corrected chi connectivity index (χ4v) is 1.56. The number of aromatic amines is 1. The molecule has 1 amide bonds.